The molecule has 2 unspecified atom stereocenters. The highest BCUT2D eigenvalue weighted by atomic mass is 16.1. The van der Waals surface area contributed by atoms with Gasteiger partial charge in [-0.2, -0.15) is 0 Å². The smallest absolute Gasteiger partial charge is 0.234 e. The van der Waals surface area contributed by atoms with Crippen molar-refractivity contribution in [3.05, 3.63) is 0 Å². The van der Waals surface area contributed by atoms with Crippen molar-refractivity contribution in [3.8, 4) is 0 Å². The summed E-state index contributed by atoms with van der Waals surface area (Å²) in [5.41, 5.74) is 5.45. The van der Waals surface area contributed by atoms with E-state index in [2.05, 4.69) is 23.6 Å². The topological polar surface area (TPSA) is 49.6 Å². The molecule has 0 aliphatic carbocycles. The Hall–Kier alpha value is -0.610. The van der Waals surface area contributed by atoms with Crippen molar-refractivity contribution in [1.82, 2.24) is 9.80 Å². The lowest BCUT2D eigenvalue weighted by molar-refractivity contribution is -0.124. The molecule has 2 N–H and O–H groups in total. The summed E-state index contributed by atoms with van der Waals surface area (Å²) in [6, 6.07) is 0.411. The predicted octanol–water partition coefficient (Wildman–Crippen LogP) is 1.45. The van der Waals surface area contributed by atoms with Gasteiger partial charge in [0.15, 0.2) is 0 Å². The molecule has 106 valence electrons. The van der Waals surface area contributed by atoms with E-state index in [1.54, 1.807) is 0 Å². The van der Waals surface area contributed by atoms with Gasteiger partial charge in [0.05, 0.1) is 6.04 Å². The molecule has 0 aromatic heterocycles. The lowest BCUT2D eigenvalue weighted by Gasteiger charge is -2.39. The number of nitrogens with two attached hydrogens (primary N) is 1. The van der Waals surface area contributed by atoms with Crippen molar-refractivity contribution in [2.45, 2.75) is 58.5 Å². The average molecular weight is 255 g/mol. The molecule has 0 aromatic rings. The van der Waals surface area contributed by atoms with Crippen LogP contribution in [0.5, 0.6) is 0 Å². The van der Waals surface area contributed by atoms with E-state index in [1.165, 1.54) is 19.3 Å². The van der Waals surface area contributed by atoms with Crippen molar-refractivity contribution in [2.24, 2.45) is 5.73 Å². The van der Waals surface area contributed by atoms with Gasteiger partial charge >= 0.3 is 0 Å². The Morgan fingerprint density at radius 1 is 1.39 bits per heavy atom. The number of piperidine rings is 1. The number of rotatable bonds is 7. The van der Waals surface area contributed by atoms with Crippen LogP contribution in [0.2, 0.25) is 0 Å². The molecule has 4 nitrogen and oxygen atoms in total. The van der Waals surface area contributed by atoms with Gasteiger partial charge < -0.3 is 10.6 Å². The van der Waals surface area contributed by atoms with Crippen LogP contribution in [0.15, 0.2) is 0 Å². The normalized spacial score (nSPS) is 23.2. The molecule has 1 aliphatic heterocycles. The first-order valence-corrected chi connectivity index (χ1v) is 7.37. The van der Waals surface area contributed by atoms with Crippen LogP contribution >= 0.6 is 0 Å². The van der Waals surface area contributed by atoms with Gasteiger partial charge in [-0.15, -0.1) is 0 Å². The minimum Gasteiger partial charge on any atom is -0.368 e. The molecule has 1 fully saturated rings. The number of likely N-dealkylation sites (tertiary alicyclic amines) is 1. The summed E-state index contributed by atoms with van der Waals surface area (Å²) in [6.07, 6.45) is 4.84. The molecule has 0 spiro atoms. The summed E-state index contributed by atoms with van der Waals surface area (Å²) in [5, 5.41) is 0. The van der Waals surface area contributed by atoms with Crippen LogP contribution in [-0.4, -0.2) is 54.0 Å². The van der Waals surface area contributed by atoms with Crippen molar-refractivity contribution < 1.29 is 4.79 Å². The Kier molecular flexibility index (Phi) is 6.65. The Bertz CT molecular complexity index is 253. The van der Waals surface area contributed by atoms with E-state index in [1.807, 2.05) is 6.92 Å². The van der Waals surface area contributed by atoms with Crippen LogP contribution in [0.25, 0.3) is 0 Å². The number of carbonyl (C=O) groups is 1. The SMILES string of the molecule is CCN(CC)CCC1CCCCN1C(C)C(N)=O. The minimum absolute atomic E-state index is 0.119. The number of hydrogen-bond acceptors (Lipinski definition) is 3. The third-order valence-electron chi connectivity index (χ3n) is 4.25. The third kappa shape index (κ3) is 4.25. The van der Waals surface area contributed by atoms with Crippen molar-refractivity contribution in [3.63, 3.8) is 0 Å². The molecule has 1 aliphatic rings. The van der Waals surface area contributed by atoms with Crippen molar-refractivity contribution in [1.29, 1.82) is 0 Å². The van der Waals surface area contributed by atoms with Crippen LogP contribution in [0, 0.1) is 0 Å². The average Bonchev–Trinajstić information content (AvgIpc) is 2.39. The van der Waals surface area contributed by atoms with Crippen LogP contribution in [0.4, 0.5) is 0 Å². The molecule has 4 heteroatoms. The molecular weight excluding hydrogens is 226 g/mol. The summed E-state index contributed by atoms with van der Waals surface area (Å²) in [7, 11) is 0. The molecule has 0 aromatic carbocycles. The highest BCUT2D eigenvalue weighted by molar-refractivity contribution is 5.79. The monoisotopic (exact) mass is 255 g/mol. The molecule has 1 amide bonds. The second kappa shape index (κ2) is 7.74. The van der Waals surface area contributed by atoms with Gasteiger partial charge in [-0.3, -0.25) is 9.69 Å². The Morgan fingerprint density at radius 2 is 2.06 bits per heavy atom. The van der Waals surface area contributed by atoms with Gasteiger partial charge in [-0.1, -0.05) is 20.3 Å². The first-order valence-electron chi connectivity index (χ1n) is 7.37. The molecule has 1 saturated heterocycles. The standard InChI is InChI=1S/C14H29N3O/c1-4-16(5-2)11-9-13-8-6-7-10-17(13)12(3)14(15)18/h12-13H,4-11H2,1-3H3,(H2,15,18). The summed E-state index contributed by atoms with van der Waals surface area (Å²) in [4.78, 5) is 16.1. The fraction of sp³-hybridized carbons (Fsp3) is 0.929. The number of carbonyl (C=O) groups excluding carboxylic acids is 1. The minimum atomic E-state index is -0.190. The molecule has 0 bridgehead atoms. The van der Waals surface area contributed by atoms with E-state index in [-0.39, 0.29) is 11.9 Å². The van der Waals surface area contributed by atoms with Crippen LogP contribution in [0.3, 0.4) is 0 Å². The number of nitrogens with zero attached hydrogens (tertiary/aromatic N) is 2. The van der Waals surface area contributed by atoms with Crippen LogP contribution in [0.1, 0.15) is 46.5 Å². The Morgan fingerprint density at radius 3 is 2.61 bits per heavy atom. The summed E-state index contributed by atoms with van der Waals surface area (Å²) >= 11 is 0. The fourth-order valence-electron chi connectivity index (χ4n) is 2.88. The lowest BCUT2D eigenvalue weighted by Crippen LogP contribution is -2.51. The number of hydrogen-bond donors (Lipinski definition) is 1. The number of amides is 1. The highest BCUT2D eigenvalue weighted by Gasteiger charge is 2.28. The maximum absolute atomic E-state index is 11.4. The molecule has 1 heterocycles. The fourth-order valence-corrected chi connectivity index (χ4v) is 2.88. The van der Waals surface area contributed by atoms with Gasteiger partial charge in [0.1, 0.15) is 0 Å². The second-order valence-corrected chi connectivity index (χ2v) is 5.28. The van der Waals surface area contributed by atoms with Gasteiger partial charge in [0, 0.05) is 6.04 Å². The highest BCUT2D eigenvalue weighted by Crippen LogP contribution is 2.22. The Balaban J connectivity index is 2.51. The van der Waals surface area contributed by atoms with Gasteiger partial charge in [0.2, 0.25) is 5.91 Å². The van der Waals surface area contributed by atoms with E-state index in [0.29, 0.717) is 6.04 Å². The largest absolute Gasteiger partial charge is 0.368 e. The van der Waals surface area contributed by atoms with Crippen LogP contribution in [-0.2, 0) is 4.79 Å². The summed E-state index contributed by atoms with van der Waals surface area (Å²) in [6.45, 7) is 10.7. The third-order valence-corrected chi connectivity index (χ3v) is 4.25. The maximum atomic E-state index is 11.4. The summed E-state index contributed by atoms with van der Waals surface area (Å²) in [5.74, 6) is -0.190. The maximum Gasteiger partial charge on any atom is 0.234 e. The molecule has 1 rings (SSSR count). The quantitative estimate of drug-likeness (QED) is 0.749. The van der Waals surface area contributed by atoms with Gasteiger partial charge in [-0.25, -0.2) is 0 Å². The zero-order valence-electron chi connectivity index (χ0n) is 12.2. The zero-order chi connectivity index (χ0) is 13.5. The lowest BCUT2D eigenvalue weighted by atomic mass is 9.97. The van der Waals surface area contributed by atoms with Crippen molar-refractivity contribution in [2.75, 3.05) is 26.2 Å². The van der Waals surface area contributed by atoms with Crippen LogP contribution < -0.4 is 5.73 Å². The number of primary amides is 1. The van der Waals surface area contributed by atoms with Gasteiger partial charge in [-0.05, 0) is 52.4 Å². The molecule has 0 radical (unpaired) electrons. The molecular formula is C14H29N3O. The molecule has 0 saturated carbocycles. The summed E-state index contributed by atoms with van der Waals surface area (Å²) < 4.78 is 0. The first-order chi connectivity index (χ1) is 8.60. The molecule has 2 atom stereocenters. The predicted molar refractivity (Wildman–Crippen MR) is 75.4 cm³/mol. The van der Waals surface area contributed by atoms with E-state index in [9.17, 15) is 4.79 Å². The van der Waals surface area contributed by atoms with Gasteiger partial charge in [0.25, 0.3) is 0 Å². The van der Waals surface area contributed by atoms with E-state index in [4.69, 9.17) is 5.73 Å². The molecule has 18 heavy (non-hydrogen) atoms. The first kappa shape index (κ1) is 15.4. The van der Waals surface area contributed by atoms with Crippen molar-refractivity contribution >= 4 is 5.91 Å². The second-order valence-electron chi connectivity index (χ2n) is 5.28. The van der Waals surface area contributed by atoms with E-state index < -0.39 is 0 Å². The Labute approximate surface area is 111 Å². The van der Waals surface area contributed by atoms with E-state index in [0.717, 1.165) is 32.6 Å². The van der Waals surface area contributed by atoms with E-state index >= 15 is 0 Å². The zero-order valence-corrected chi connectivity index (χ0v) is 12.2.